The predicted molar refractivity (Wildman–Crippen MR) is 169 cm³/mol. The van der Waals surface area contributed by atoms with E-state index in [1.165, 1.54) is 43.6 Å². The van der Waals surface area contributed by atoms with E-state index in [4.69, 9.17) is 4.98 Å². The van der Waals surface area contributed by atoms with Crippen molar-refractivity contribution < 1.29 is 5.11 Å². The number of aromatic nitrogens is 1. The van der Waals surface area contributed by atoms with Crippen LogP contribution in [-0.2, 0) is 12.0 Å². The van der Waals surface area contributed by atoms with E-state index in [1.807, 2.05) is 18.3 Å². The third-order valence-electron chi connectivity index (χ3n) is 8.81. The lowest BCUT2D eigenvalue weighted by molar-refractivity contribution is 0.283. The molecule has 39 heavy (non-hydrogen) atoms. The summed E-state index contributed by atoms with van der Waals surface area (Å²) in [5.74, 6) is 0. The van der Waals surface area contributed by atoms with E-state index in [1.54, 1.807) is 0 Å². The van der Waals surface area contributed by atoms with Crippen LogP contribution in [0.15, 0.2) is 91.1 Å². The summed E-state index contributed by atoms with van der Waals surface area (Å²) in [6, 6.07) is 31.1. The highest BCUT2D eigenvalue weighted by molar-refractivity contribution is 6.88. The summed E-state index contributed by atoms with van der Waals surface area (Å²) in [5.41, 5.74) is 8.47. The van der Waals surface area contributed by atoms with Crippen LogP contribution in [0.2, 0.25) is 19.6 Å². The molecular weight excluding hydrogens is 490 g/mol. The molecule has 0 saturated carbocycles. The van der Waals surface area contributed by atoms with Crippen molar-refractivity contribution in [1.29, 1.82) is 0 Å². The van der Waals surface area contributed by atoms with Crippen molar-refractivity contribution in [2.75, 3.05) is 0 Å². The number of hydrogen-bond donors (Lipinski definition) is 1. The molecule has 1 N–H and O–H groups in total. The Hall–Kier alpha value is -3.79. The molecule has 0 spiro atoms. The van der Waals surface area contributed by atoms with Gasteiger partial charge in [0.1, 0.15) is 0 Å². The highest BCUT2D eigenvalue weighted by Gasteiger charge is 2.38. The summed E-state index contributed by atoms with van der Waals surface area (Å²) in [6.45, 7) is 12.1. The van der Waals surface area contributed by atoms with Gasteiger partial charge in [-0.05, 0) is 72.9 Å². The van der Waals surface area contributed by atoms with Gasteiger partial charge in [-0.25, -0.2) is 0 Å². The average Bonchev–Trinajstić information content (AvgIpc) is 3.17. The Kier molecular flexibility index (Phi) is 5.20. The molecule has 0 aliphatic heterocycles. The van der Waals surface area contributed by atoms with Crippen LogP contribution < -0.4 is 5.19 Å². The number of aliphatic hydroxyl groups excluding tert-OH is 1. The van der Waals surface area contributed by atoms with Gasteiger partial charge < -0.3 is 5.11 Å². The second-order valence-corrected chi connectivity index (χ2v) is 17.6. The van der Waals surface area contributed by atoms with E-state index >= 15 is 0 Å². The van der Waals surface area contributed by atoms with E-state index in [0.29, 0.717) is 0 Å². The Morgan fingerprint density at radius 2 is 1.44 bits per heavy atom. The van der Waals surface area contributed by atoms with E-state index in [2.05, 4.69) is 106 Å². The van der Waals surface area contributed by atoms with Crippen LogP contribution in [0.5, 0.6) is 0 Å². The topological polar surface area (TPSA) is 33.1 Å². The van der Waals surface area contributed by atoms with Gasteiger partial charge in [0.25, 0.3) is 0 Å². The molecule has 6 aromatic rings. The fourth-order valence-corrected chi connectivity index (χ4v) is 7.91. The number of aliphatic hydroxyl groups is 1. The zero-order chi connectivity index (χ0) is 27.1. The molecule has 5 aromatic carbocycles. The van der Waals surface area contributed by atoms with Crippen molar-refractivity contribution >= 4 is 45.6 Å². The molecule has 0 radical (unpaired) electrons. The van der Waals surface area contributed by atoms with Crippen molar-refractivity contribution in [3.8, 4) is 22.4 Å². The first-order valence-corrected chi connectivity index (χ1v) is 17.3. The number of benzene rings is 5. The van der Waals surface area contributed by atoms with Crippen LogP contribution in [0.1, 0.15) is 30.5 Å². The molecule has 1 aliphatic carbocycles. The van der Waals surface area contributed by atoms with Crippen LogP contribution in [0.3, 0.4) is 0 Å². The van der Waals surface area contributed by atoms with Crippen molar-refractivity contribution in [1.82, 2.24) is 4.98 Å². The molecule has 0 amide bonds. The molecule has 1 aromatic heterocycles. The maximum Gasteiger partial charge on any atom is 0.0780 e. The predicted octanol–water partition coefficient (Wildman–Crippen LogP) is 8.55. The van der Waals surface area contributed by atoms with Crippen LogP contribution >= 0.6 is 0 Å². The summed E-state index contributed by atoms with van der Waals surface area (Å²) in [6.07, 6.45) is 1.93. The highest BCUT2D eigenvalue weighted by atomic mass is 28.3. The van der Waals surface area contributed by atoms with E-state index < -0.39 is 8.07 Å². The largest absolute Gasteiger partial charge is 0.392 e. The number of pyridine rings is 1. The molecule has 1 aliphatic rings. The minimum atomic E-state index is -1.42. The zero-order valence-corrected chi connectivity index (χ0v) is 24.3. The van der Waals surface area contributed by atoms with Gasteiger partial charge in [0, 0.05) is 22.6 Å². The van der Waals surface area contributed by atoms with Crippen molar-refractivity contribution in [3.63, 3.8) is 0 Å². The summed E-state index contributed by atoms with van der Waals surface area (Å²) in [5, 5.41) is 18.8. The normalized spacial score (nSPS) is 14.2. The number of hydrogen-bond acceptors (Lipinski definition) is 2. The minimum Gasteiger partial charge on any atom is -0.392 e. The van der Waals surface area contributed by atoms with Gasteiger partial charge >= 0.3 is 0 Å². The maximum atomic E-state index is 10.1. The van der Waals surface area contributed by atoms with Crippen LogP contribution in [0.25, 0.3) is 54.7 Å². The van der Waals surface area contributed by atoms with Crippen molar-refractivity contribution in [3.05, 3.63) is 108 Å². The van der Waals surface area contributed by atoms with Crippen LogP contribution in [0.4, 0.5) is 0 Å². The zero-order valence-electron chi connectivity index (χ0n) is 23.3. The smallest absolute Gasteiger partial charge is 0.0780 e. The number of rotatable bonds is 3. The lowest BCUT2D eigenvalue weighted by atomic mass is 9.79. The molecule has 0 saturated heterocycles. The molecule has 7 rings (SSSR count). The van der Waals surface area contributed by atoms with E-state index in [0.717, 1.165) is 33.0 Å². The van der Waals surface area contributed by atoms with Crippen LogP contribution in [-0.4, -0.2) is 18.2 Å². The highest BCUT2D eigenvalue weighted by Crippen LogP contribution is 2.52. The maximum absolute atomic E-state index is 10.1. The fraction of sp³-hybridized carbons (Fsp3) is 0.194. The van der Waals surface area contributed by atoms with Gasteiger partial charge in [0.05, 0.1) is 20.4 Å². The van der Waals surface area contributed by atoms with Gasteiger partial charge in [-0.2, -0.15) is 0 Å². The molecule has 3 heteroatoms. The Morgan fingerprint density at radius 3 is 2.23 bits per heavy atom. The molecular formula is C36H33NOSi. The molecule has 0 bridgehead atoms. The summed E-state index contributed by atoms with van der Waals surface area (Å²) in [7, 11) is -1.42. The van der Waals surface area contributed by atoms with Gasteiger partial charge in [0.15, 0.2) is 0 Å². The molecule has 2 nitrogen and oxygen atoms in total. The quantitative estimate of drug-likeness (QED) is 0.186. The first-order valence-electron chi connectivity index (χ1n) is 13.8. The first kappa shape index (κ1) is 24.3. The van der Waals surface area contributed by atoms with Crippen molar-refractivity contribution in [2.24, 2.45) is 0 Å². The lowest BCUT2D eigenvalue weighted by Gasteiger charge is -2.25. The van der Waals surface area contributed by atoms with Crippen molar-refractivity contribution in [2.45, 2.75) is 45.5 Å². The van der Waals surface area contributed by atoms with Gasteiger partial charge in [-0.1, -0.05) is 105 Å². The van der Waals surface area contributed by atoms with Gasteiger partial charge in [-0.15, -0.1) is 0 Å². The minimum absolute atomic E-state index is 0.00322. The molecule has 0 unspecified atom stereocenters. The fourth-order valence-electron chi connectivity index (χ4n) is 6.75. The Labute approximate surface area is 231 Å². The van der Waals surface area contributed by atoms with E-state index in [9.17, 15) is 5.11 Å². The summed E-state index contributed by atoms with van der Waals surface area (Å²) >= 11 is 0. The third-order valence-corrected chi connectivity index (χ3v) is 10.9. The van der Waals surface area contributed by atoms with Gasteiger partial charge in [-0.3, -0.25) is 4.98 Å². The third kappa shape index (κ3) is 3.53. The van der Waals surface area contributed by atoms with Gasteiger partial charge in [0.2, 0.25) is 0 Å². The summed E-state index contributed by atoms with van der Waals surface area (Å²) in [4.78, 5) is 4.85. The number of fused-ring (bicyclic) bond motifs is 8. The standard InChI is InChI=1S/C36H33NOSi/c1-36(2)33-20-25(39(3,4)5)10-11-29(33)31-13-12-27-28-16-17-37-35(32(28)15-14-30(27)34(31)36)23-18-22-8-6-7-9-26(22)24(19-23)21-38/h6-20,38H,21H2,1-5H3. The molecule has 192 valence electrons. The van der Waals surface area contributed by atoms with Crippen LogP contribution in [0, 0.1) is 0 Å². The second-order valence-electron chi connectivity index (χ2n) is 12.6. The monoisotopic (exact) mass is 523 g/mol. The molecule has 0 fully saturated rings. The Balaban J connectivity index is 1.46. The average molecular weight is 524 g/mol. The summed E-state index contributed by atoms with van der Waals surface area (Å²) < 4.78 is 0. The Bertz CT molecular complexity index is 1960. The van der Waals surface area contributed by atoms with E-state index in [-0.39, 0.29) is 12.0 Å². The lowest BCUT2D eigenvalue weighted by Crippen LogP contribution is -2.38. The Morgan fingerprint density at radius 1 is 0.718 bits per heavy atom. The molecule has 1 heterocycles. The SMILES string of the molecule is CC1(C)c2cc([Si](C)(C)C)ccc2-c2ccc3c(ccc4c(-c5cc(CO)c6ccccc6c5)nccc43)c21. The number of nitrogens with zero attached hydrogens (tertiary/aromatic N) is 1. The molecule has 0 atom stereocenters. The first-order chi connectivity index (χ1) is 18.7. The second kappa shape index (κ2) is 8.35.